The molecule has 11 heteroatoms. The molecule has 1 heterocycles. The smallest absolute Gasteiger partial charge is 0.253 e. The second kappa shape index (κ2) is 11.8. The highest BCUT2D eigenvalue weighted by Gasteiger charge is 2.26. The van der Waals surface area contributed by atoms with Crippen molar-refractivity contribution in [1.29, 1.82) is 0 Å². The minimum Gasteiger partial charge on any atom is -0.342 e. The SMILES string of the molecule is Cc1c(Br)ccc(NC(=O)CSc2nnc([C@@H](NC(=O)c3ccc(Cl)cc3Cl)C(C)C)n2C)c1C. The van der Waals surface area contributed by atoms with Crippen molar-refractivity contribution >= 4 is 68.4 Å². The number of amides is 2. The van der Waals surface area contributed by atoms with Gasteiger partial charge in [0, 0.05) is 22.2 Å². The lowest BCUT2D eigenvalue weighted by atomic mass is 10.0. The van der Waals surface area contributed by atoms with Crippen molar-refractivity contribution in [2.24, 2.45) is 13.0 Å². The van der Waals surface area contributed by atoms with Crippen LogP contribution in [0.1, 0.15) is 47.2 Å². The van der Waals surface area contributed by atoms with E-state index >= 15 is 0 Å². The first-order valence-corrected chi connectivity index (χ1v) is 13.4. The summed E-state index contributed by atoms with van der Waals surface area (Å²) < 4.78 is 2.79. The van der Waals surface area contributed by atoms with Crippen molar-refractivity contribution in [2.45, 2.75) is 38.9 Å². The molecule has 0 fully saturated rings. The average Bonchev–Trinajstić information content (AvgIpc) is 3.16. The van der Waals surface area contributed by atoms with Crippen LogP contribution in [0.4, 0.5) is 5.69 Å². The Morgan fingerprint density at radius 3 is 2.49 bits per heavy atom. The zero-order valence-electron chi connectivity index (χ0n) is 19.9. The predicted octanol–water partition coefficient (Wildman–Crippen LogP) is 6.36. The van der Waals surface area contributed by atoms with Crippen molar-refractivity contribution in [1.82, 2.24) is 20.1 Å². The summed E-state index contributed by atoms with van der Waals surface area (Å²) in [5, 5.41) is 15.8. The maximum absolute atomic E-state index is 12.9. The topological polar surface area (TPSA) is 88.9 Å². The molecule has 2 aromatic carbocycles. The number of rotatable bonds is 8. The normalized spacial score (nSPS) is 12.0. The first-order chi connectivity index (χ1) is 16.5. The molecular weight excluding hydrogens is 573 g/mol. The number of carbonyl (C=O) groups excluding carboxylic acids is 2. The van der Waals surface area contributed by atoms with Crippen LogP contribution >= 0.6 is 50.9 Å². The van der Waals surface area contributed by atoms with E-state index in [1.165, 1.54) is 17.8 Å². The van der Waals surface area contributed by atoms with Crippen LogP contribution in [0.25, 0.3) is 0 Å². The molecule has 0 aliphatic rings. The molecule has 3 rings (SSSR count). The highest BCUT2D eigenvalue weighted by atomic mass is 79.9. The van der Waals surface area contributed by atoms with Gasteiger partial charge in [0.1, 0.15) is 0 Å². The second-order valence-electron chi connectivity index (χ2n) is 8.40. The minimum absolute atomic E-state index is 0.0256. The summed E-state index contributed by atoms with van der Waals surface area (Å²) in [7, 11) is 1.81. The van der Waals surface area contributed by atoms with Gasteiger partial charge in [-0.2, -0.15) is 0 Å². The van der Waals surface area contributed by atoms with Gasteiger partial charge in [-0.15, -0.1) is 10.2 Å². The third kappa shape index (κ3) is 6.58. The number of hydrogen-bond donors (Lipinski definition) is 2. The van der Waals surface area contributed by atoms with Crippen LogP contribution in [-0.2, 0) is 11.8 Å². The van der Waals surface area contributed by atoms with Gasteiger partial charge >= 0.3 is 0 Å². The van der Waals surface area contributed by atoms with E-state index in [1.54, 1.807) is 16.7 Å². The number of benzene rings is 2. The van der Waals surface area contributed by atoms with Gasteiger partial charge in [0.15, 0.2) is 11.0 Å². The summed E-state index contributed by atoms with van der Waals surface area (Å²) in [6, 6.07) is 8.11. The van der Waals surface area contributed by atoms with Gasteiger partial charge in [0.2, 0.25) is 5.91 Å². The third-order valence-corrected chi connectivity index (χ3v) is 8.03. The first-order valence-electron chi connectivity index (χ1n) is 10.8. The van der Waals surface area contributed by atoms with Gasteiger partial charge in [-0.1, -0.05) is 64.7 Å². The summed E-state index contributed by atoms with van der Waals surface area (Å²) in [5.41, 5.74) is 3.19. The van der Waals surface area contributed by atoms with E-state index in [9.17, 15) is 9.59 Å². The predicted molar refractivity (Wildman–Crippen MR) is 145 cm³/mol. The number of aromatic nitrogens is 3. The van der Waals surface area contributed by atoms with Crippen molar-refractivity contribution < 1.29 is 9.59 Å². The molecule has 3 aromatic rings. The first kappa shape index (κ1) is 27.5. The minimum atomic E-state index is -0.414. The van der Waals surface area contributed by atoms with Crippen LogP contribution in [0.2, 0.25) is 10.0 Å². The molecule has 1 aromatic heterocycles. The molecule has 1 atom stereocenters. The van der Waals surface area contributed by atoms with Gasteiger partial charge in [-0.05, 0) is 61.2 Å². The molecule has 0 spiro atoms. The van der Waals surface area contributed by atoms with Crippen LogP contribution < -0.4 is 10.6 Å². The maximum atomic E-state index is 12.9. The standard InChI is InChI=1S/C24H26BrCl2N5O2S/c1-12(2)21(29-23(34)16-7-6-15(26)10-18(16)27)22-30-31-24(32(22)5)35-11-20(33)28-19-9-8-17(25)13(3)14(19)4/h6-10,12,21H,11H2,1-5H3,(H,28,33)(H,29,34)/t21-/m0/s1. The lowest BCUT2D eigenvalue weighted by molar-refractivity contribution is -0.113. The fourth-order valence-corrected chi connectivity index (χ4v) is 5.03. The molecule has 0 aliphatic heterocycles. The number of hydrogen-bond acceptors (Lipinski definition) is 5. The lowest BCUT2D eigenvalue weighted by Gasteiger charge is -2.22. The number of thioether (sulfide) groups is 1. The molecule has 7 nitrogen and oxygen atoms in total. The Labute approximate surface area is 227 Å². The van der Waals surface area contributed by atoms with Gasteiger partial charge in [-0.3, -0.25) is 9.59 Å². The average molecular weight is 599 g/mol. The van der Waals surface area contributed by atoms with Crippen molar-refractivity contribution in [3.05, 3.63) is 67.4 Å². The van der Waals surface area contributed by atoms with Crippen LogP contribution in [0, 0.1) is 19.8 Å². The molecule has 0 bridgehead atoms. The molecule has 186 valence electrons. The largest absolute Gasteiger partial charge is 0.342 e. The van der Waals surface area contributed by atoms with E-state index < -0.39 is 6.04 Å². The fourth-order valence-electron chi connectivity index (χ4n) is 3.38. The van der Waals surface area contributed by atoms with Gasteiger partial charge in [0.25, 0.3) is 5.91 Å². The quantitative estimate of drug-likeness (QED) is 0.295. The van der Waals surface area contributed by atoms with Gasteiger partial charge in [0.05, 0.1) is 22.4 Å². The Bertz CT molecular complexity index is 1260. The number of halogens is 3. The number of nitrogens with zero attached hydrogens (tertiary/aromatic N) is 3. The molecule has 35 heavy (non-hydrogen) atoms. The number of carbonyl (C=O) groups is 2. The second-order valence-corrected chi connectivity index (χ2v) is 11.0. The summed E-state index contributed by atoms with van der Waals surface area (Å²) in [5.74, 6) is 0.301. The van der Waals surface area contributed by atoms with E-state index in [1.807, 2.05) is 46.9 Å². The Morgan fingerprint density at radius 2 is 1.83 bits per heavy atom. The van der Waals surface area contributed by atoms with Gasteiger partial charge in [-0.25, -0.2) is 0 Å². The fraction of sp³-hybridized carbons (Fsp3) is 0.333. The van der Waals surface area contributed by atoms with E-state index in [0.717, 1.165) is 21.3 Å². The van der Waals surface area contributed by atoms with Crippen LogP contribution in [-0.4, -0.2) is 32.3 Å². The van der Waals surface area contributed by atoms with Crippen LogP contribution in [0.3, 0.4) is 0 Å². The van der Waals surface area contributed by atoms with Crippen LogP contribution in [0.15, 0.2) is 40.0 Å². The number of nitrogens with one attached hydrogen (secondary N) is 2. The molecule has 0 saturated carbocycles. The Hall–Kier alpha value is -2.07. The zero-order chi connectivity index (χ0) is 25.9. The highest BCUT2D eigenvalue weighted by Crippen LogP contribution is 2.28. The third-order valence-electron chi connectivity index (χ3n) is 5.60. The van der Waals surface area contributed by atoms with Crippen molar-refractivity contribution in [3.63, 3.8) is 0 Å². The summed E-state index contributed by atoms with van der Waals surface area (Å²) in [4.78, 5) is 25.5. The Kier molecular flexibility index (Phi) is 9.26. The summed E-state index contributed by atoms with van der Waals surface area (Å²) in [6.07, 6.45) is 0. The van der Waals surface area contributed by atoms with Crippen molar-refractivity contribution in [3.8, 4) is 0 Å². The monoisotopic (exact) mass is 597 g/mol. The highest BCUT2D eigenvalue weighted by molar-refractivity contribution is 9.10. The van der Waals surface area contributed by atoms with E-state index in [0.29, 0.717) is 21.6 Å². The molecule has 2 amide bonds. The van der Waals surface area contributed by atoms with Gasteiger partial charge < -0.3 is 15.2 Å². The van der Waals surface area contributed by atoms with E-state index in [2.05, 4.69) is 36.8 Å². The number of anilines is 1. The molecular formula is C24H26BrCl2N5O2S. The van der Waals surface area contributed by atoms with E-state index in [-0.39, 0.29) is 28.5 Å². The summed E-state index contributed by atoms with van der Waals surface area (Å²) in [6.45, 7) is 7.92. The molecule has 2 N–H and O–H groups in total. The van der Waals surface area contributed by atoms with Crippen molar-refractivity contribution in [2.75, 3.05) is 11.1 Å². The zero-order valence-corrected chi connectivity index (χ0v) is 23.9. The molecule has 0 aliphatic carbocycles. The molecule has 0 saturated heterocycles. The Balaban J connectivity index is 1.69. The van der Waals surface area contributed by atoms with Crippen LogP contribution in [0.5, 0.6) is 0 Å². The van der Waals surface area contributed by atoms with E-state index in [4.69, 9.17) is 23.2 Å². The maximum Gasteiger partial charge on any atom is 0.253 e. The molecule has 0 unspecified atom stereocenters. The lowest BCUT2D eigenvalue weighted by Crippen LogP contribution is -2.33. The Morgan fingerprint density at radius 1 is 1.11 bits per heavy atom. The molecule has 0 radical (unpaired) electrons. The summed E-state index contributed by atoms with van der Waals surface area (Å²) >= 11 is 16.9.